The van der Waals surface area contributed by atoms with Gasteiger partial charge in [-0.3, -0.25) is 4.55 Å². The summed E-state index contributed by atoms with van der Waals surface area (Å²) in [6, 6.07) is -0.216. The Bertz CT molecular complexity index is 854. The largest absolute Gasteiger partial charge is 0.393 e. The molecular weight excluding hydrogens is 434 g/mol. The van der Waals surface area contributed by atoms with Gasteiger partial charge in [-0.1, -0.05) is 46.3 Å². The average Bonchev–Trinajstić information content (AvgIpc) is 3.07. The molecule has 33 heavy (non-hydrogen) atoms. The summed E-state index contributed by atoms with van der Waals surface area (Å²) in [4.78, 5) is 0. The van der Waals surface area contributed by atoms with Crippen LogP contribution in [0.3, 0.4) is 0 Å². The van der Waals surface area contributed by atoms with Gasteiger partial charge in [-0.25, -0.2) is 0 Å². The fourth-order valence-corrected chi connectivity index (χ4v) is 9.75. The molecule has 0 aromatic rings. The van der Waals surface area contributed by atoms with Crippen LogP contribution in [0.2, 0.25) is 0 Å². The van der Waals surface area contributed by atoms with Crippen molar-refractivity contribution < 1.29 is 18.1 Å². The van der Waals surface area contributed by atoms with E-state index in [4.69, 9.17) is 0 Å². The van der Waals surface area contributed by atoms with Crippen molar-refractivity contribution in [2.24, 2.45) is 46.3 Å². The van der Waals surface area contributed by atoms with E-state index in [1.807, 2.05) is 13.8 Å². The van der Waals surface area contributed by atoms with E-state index in [0.29, 0.717) is 22.7 Å². The smallest absolute Gasteiger partial charge is 0.333 e. The lowest BCUT2D eigenvalue weighted by atomic mass is 9.47. The number of hydrogen-bond acceptors (Lipinski definition) is 3. The molecule has 0 heterocycles. The third-order valence-corrected chi connectivity index (χ3v) is 11.5. The van der Waals surface area contributed by atoms with Crippen molar-refractivity contribution in [1.82, 2.24) is 4.72 Å². The molecule has 0 bridgehead atoms. The van der Waals surface area contributed by atoms with Crippen LogP contribution >= 0.6 is 0 Å². The van der Waals surface area contributed by atoms with Crippen LogP contribution < -0.4 is 4.72 Å². The van der Waals surface area contributed by atoms with Crippen LogP contribution in [0.1, 0.15) is 98.8 Å². The second-order valence-electron chi connectivity index (χ2n) is 12.9. The predicted molar refractivity (Wildman–Crippen MR) is 133 cm³/mol. The highest BCUT2D eigenvalue weighted by molar-refractivity contribution is 7.83. The second kappa shape index (κ2) is 9.22. The first-order valence-electron chi connectivity index (χ1n) is 13.5. The van der Waals surface area contributed by atoms with Crippen molar-refractivity contribution >= 4 is 10.3 Å². The lowest BCUT2D eigenvalue weighted by molar-refractivity contribution is -0.0574. The topological polar surface area (TPSA) is 86.6 Å². The highest BCUT2D eigenvalue weighted by atomic mass is 32.2. The van der Waals surface area contributed by atoms with Gasteiger partial charge in [-0.2, -0.15) is 13.1 Å². The molecule has 3 saturated carbocycles. The van der Waals surface area contributed by atoms with E-state index in [1.54, 1.807) is 5.57 Å². The van der Waals surface area contributed by atoms with Crippen molar-refractivity contribution in [2.75, 3.05) is 0 Å². The molecule has 5 nitrogen and oxygen atoms in total. The van der Waals surface area contributed by atoms with Gasteiger partial charge in [0, 0.05) is 6.04 Å². The number of aliphatic hydroxyl groups is 1. The van der Waals surface area contributed by atoms with Crippen molar-refractivity contribution in [3.05, 3.63) is 11.6 Å². The van der Waals surface area contributed by atoms with E-state index in [0.717, 1.165) is 49.9 Å². The maximum atomic E-state index is 11.4. The molecule has 3 N–H and O–H groups in total. The van der Waals surface area contributed by atoms with E-state index in [9.17, 15) is 18.1 Å². The zero-order chi connectivity index (χ0) is 24.2. The Kier molecular flexibility index (Phi) is 7.17. The van der Waals surface area contributed by atoms with Crippen molar-refractivity contribution in [3.8, 4) is 0 Å². The highest BCUT2D eigenvalue weighted by Crippen LogP contribution is 2.67. The Morgan fingerprint density at radius 3 is 2.45 bits per heavy atom. The van der Waals surface area contributed by atoms with Crippen molar-refractivity contribution in [3.63, 3.8) is 0 Å². The van der Waals surface area contributed by atoms with E-state index < -0.39 is 10.3 Å². The Morgan fingerprint density at radius 2 is 1.79 bits per heavy atom. The van der Waals surface area contributed by atoms with Gasteiger partial charge in [0.1, 0.15) is 0 Å². The van der Waals surface area contributed by atoms with Crippen LogP contribution in [0.4, 0.5) is 0 Å². The standard InChI is InChI=1S/C27H47NO4S/c1-17(2)25(28-33(30,31)32)11-6-18(3)22-9-10-23-21-8-7-19-16-20(29)12-14-26(19,4)24(21)13-15-27(22,23)5/h7,17-18,20-25,28-29H,6,8-16H2,1-5H3,(H,30,31,32)/t18-,20+,21+,22-,23+,24+,25?,26+,27-/m1/s1. The lowest BCUT2D eigenvalue weighted by Crippen LogP contribution is -2.50. The molecule has 190 valence electrons. The van der Waals surface area contributed by atoms with E-state index >= 15 is 0 Å². The molecule has 0 saturated heterocycles. The van der Waals surface area contributed by atoms with Gasteiger partial charge >= 0.3 is 10.3 Å². The van der Waals surface area contributed by atoms with Crippen molar-refractivity contribution in [2.45, 2.75) is 111 Å². The molecule has 4 rings (SSSR count). The molecule has 4 aliphatic carbocycles. The number of nitrogens with one attached hydrogen (secondary N) is 1. The molecule has 4 aliphatic rings. The fraction of sp³-hybridized carbons (Fsp3) is 0.926. The minimum Gasteiger partial charge on any atom is -0.393 e. The van der Waals surface area contributed by atoms with Gasteiger partial charge in [-0.15, -0.1) is 0 Å². The second-order valence-corrected chi connectivity index (χ2v) is 14.1. The van der Waals surface area contributed by atoms with Crippen LogP contribution in [0.5, 0.6) is 0 Å². The quantitative estimate of drug-likeness (QED) is 0.319. The molecule has 0 aromatic heterocycles. The minimum atomic E-state index is -4.17. The van der Waals surface area contributed by atoms with E-state index in [1.165, 1.54) is 32.1 Å². The number of rotatable bonds is 7. The summed E-state index contributed by atoms with van der Waals surface area (Å²) in [5.74, 6) is 3.71. The Balaban J connectivity index is 1.45. The zero-order valence-electron chi connectivity index (χ0n) is 21.4. The summed E-state index contributed by atoms with van der Waals surface area (Å²) < 4.78 is 34.5. The molecule has 0 amide bonds. The molecule has 3 fully saturated rings. The van der Waals surface area contributed by atoms with Crippen LogP contribution in [0, 0.1) is 46.3 Å². The Labute approximate surface area is 202 Å². The maximum Gasteiger partial charge on any atom is 0.333 e. The molecule has 0 spiro atoms. The highest BCUT2D eigenvalue weighted by Gasteiger charge is 2.59. The lowest BCUT2D eigenvalue weighted by Gasteiger charge is -2.58. The van der Waals surface area contributed by atoms with E-state index in [-0.39, 0.29) is 18.1 Å². The summed E-state index contributed by atoms with van der Waals surface area (Å²) in [6.45, 7) is 11.4. The zero-order valence-corrected chi connectivity index (χ0v) is 22.2. The number of aliphatic hydroxyl groups excluding tert-OH is 1. The molecule has 9 atom stereocenters. The first-order chi connectivity index (χ1) is 15.3. The molecule has 0 aliphatic heterocycles. The minimum absolute atomic E-state index is 0.142. The molecule has 1 unspecified atom stereocenters. The summed E-state index contributed by atoms with van der Waals surface area (Å²) in [5.41, 5.74) is 2.21. The molecular formula is C27H47NO4S. The van der Waals surface area contributed by atoms with Crippen molar-refractivity contribution in [1.29, 1.82) is 0 Å². The third-order valence-electron chi connectivity index (χ3n) is 10.9. The van der Waals surface area contributed by atoms with E-state index in [2.05, 4.69) is 31.6 Å². The number of fused-ring (bicyclic) bond motifs is 5. The van der Waals surface area contributed by atoms with Gasteiger partial charge in [0.25, 0.3) is 0 Å². The van der Waals surface area contributed by atoms with Crippen LogP contribution in [0.15, 0.2) is 11.6 Å². The molecule has 0 aromatic carbocycles. The summed E-state index contributed by atoms with van der Waals surface area (Å²) in [5, 5.41) is 10.2. The van der Waals surface area contributed by atoms with Gasteiger partial charge in [-0.05, 0) is 111 Å². The fourth-order valence-electron chi connectivity index (χ4n) is 8.98. The normalized spacial score (nSPS) is 42.8. The Hall–Kier alpha value is -0.430. The maximum absolute atomic E-state index is 11.4. The number of hydrogen-bond donors (Lipinski definition) is 3. The first kappa shape index (κ1) is 25.7. The van der Waals surface area contributed by atoms with Crippen LogP contribution in [0.25, 0.3) is 0 Å². The van der Waals surface area contributed by atoms with Gasteiger partial charge < -0.3 is 5.11 Å². The van der Waals surface area contributed by atoms with Gasteiger partial charge in [0.15, 0.2) is 0 Å². The first-order valence-corrected chi connectivity index (χ1v) is 14.9. The predicted octanol–water partition coefficient (Wildman–Crippen LogP) is 5.76. The SMILES string of the molecule is CC(C)C(CC[C@@H](C)[C@H]1CC[C@H]2[C@@H]3CC=C4C[C@@H](O)CC[C@]4(C)[C@H]3CC[C@]12C)NS(=O)(=O)O. The summed E-state index contributed by atoms with van der Waals surface area (Å²) in [7, 11) is -4.17. The summed E-state index contributed by atoms with van der Waals surface area (Å²) >= 11 is 0. The van der Waals surface area contributed by atoms with Crippen LogP contribution in [-0.4, -0.2) is 30.2 Å². The van der Waals surface area contributed by atoms with Gasteiger partial charge in [0.05, 0.1) is 6.10 Å². The van der Waals surface area contributed by atoms with Gasteiger partial charge in [0.2, 0.25) is 0 Å². The average molecular weight is 482 g/mol. The van der Waals surface area contributed by atoms with Crippen LogP contribution in [-0.2, 0) is 10.3 Å². The third kappa shape index (κ3) is 4.83. The number of allylic oxidation sites excluding steroid dienone is 1. The monoisotopic (exact) mass is 481 g/mol. The molecule has 6 heteroatoms. The summed E-state index contributed by atoms with van der Waals surface area (Å²) in [6.07, 6.45) is 13.5. The molecule has 0 radical (unpaired) electrons. The Morgan fingerprint density at radius 1 is 1.06 bits per heavy atom.